The highest BCUT2D eigenvalue weighted by atomic mass is 79.9. The van der Waals surface area contributed by atoms with Crippen molar-refractivity contribution >= 4 is 27.8 Å². The molecule has 0 aromatic carbocycles. The maximum Gasteiger partial charge on any atom is 0.273 e. The minimum Gasteiger partial charge on any atom is -0.337 e. The van der Waals surface area contributed by atoms with Crippen molar-refractivity contribution < 1.29 is 4.79 Å². The summed E-state index contributed by atoms with van der Waals surface area (Å²) in [4.78, 5) is 25.1. The van der Waals surface area contributed by atoms with Crippen LogP contribution >= 0.6 is 15.9 Å². The zero-order valence-electron chi connectivity index (χ0n) is 12.5. The van der Waals surface area contributed by atoms with E-state index in [0.29, 0.717) is 24.7 Å². The third-order valence-electron chi connectivity index (χ3n) is 3.75. The smallest absolute Gasteiger partial charge is 0.273 e. The van der Waals surface area contributed by atoms with Crippen LogP contribution in [0.4, 0.5) is 5.95 Å². The minimum absolute atomic E-state index is 0.00334. The summed E-state index contributed by atoms with van der Waals surface area (Å²) < 4.78 is 2.41. The van der Waals surface area contributed by atoms with E-state index in [2.05, 4.69) is 35.9 Å². The summed E-state index contributed by atoms with van der Waals surface area (Å²) in [7, 11) is 1.79. The summed E-state index contributed by atoms with van der Waals surface area (Å²) in [6.07, 6.45) is 3.46. The van der Waals surface area contributed by atoms with Gasteiger partial charge in [-0.1, -0.05) is 0 Å². The fourth-order valence-electron chi connectivity index (χ4n) is 2.58. The zero-order valence-corrected chi connectivity index (χ0v) is 14.1. The van der Waals surface area contributed by atoms with E-state index in [0.717, 1.165) is 23.3 Å². The minimum atomic E-state index is 0.00334. The van der Waals surface area contributed by atoms with Crippen LogP contribution in [0.3, 0.4) is 0 Å². The summed E-state index contributed by atoms with van der Waals surface area (Å²) in [5, 5.41) is 4.28. The van der Waals surface area contributed by atoms with E-state index in [4.69, 9.17) is 0 Å². The third-order valence-corrected chi connectivity index (χ3v) is 4.70. The summed E-state index contributed by atoms with van der Waals surface area (Å²) in [5.74, 6) is 0.718. The fourth-order valence-corrected chi connectivity index (χ4v) is 3.08. The second-order valence-corrected chi connectivity index (χ2v) is 5.99. The first kappa shape index (κ1) is 15.0. The van der Waals surface area contributed by atoms with Crippen molar-refractivity contribution in [2.45, 2.75) is 6.92 Å². The van der Waals surface area contributed by atoms with Crippen LogP contribution in [0.5, 0.6) is 0 Å². The molecule has 1 saturated heterocycles. The Morgan fingerprint density at radius 2 is 1.82 bits per heavy atom. The van der Waals surface area contributed by atoms with Gasteiger partial charge in [-0.05, 0) is 28.9 Å². The second-order valence-electron chi connectivity index (χ2n) is 5.20. The molecular weight excluding hydrogens is 348 g/mol. The molecule has 7 nitrogen and oxygen atoms in total. The first-order valence-electron chi connectivity index (χ1n) is 7.08. The van der Waals surface area contributed by atoms with Crippen molar-refractivity contribution in [3.63, 3.8) is 0 Å². The Labute approximate surface area is 137 Å². The quantitative estimate of drug-likeness (QED) is 0.801. The van der Waals surface area contributed by atoms with Crippen LogP contribution in [-0.4, -0.2) is 56.7 Å². The number of aromatic nitrogens is 4. The van der Waals surface area contributed by atoms with Gasteiger partial charge in [0.05, 0.1) is 10.2 Å². The number of amides is 1. The summed E-state index contributed by atoms with van der Waals surface area (Å²) in [6.45, 7) is 4.63. The molecule has 1 aliphatic heterocycles. The van der Waals surface area contributed by atoms with Gasteiger partial charge >= 0.3 is 0 Å². The molecule has 116 valence electrons. The van der Waals surface area contributed by atoms with E-state index in [9.17, 15) is 4.79 Å². The summed E-state index contributed by atoms with van der Waals surface area (Å²) in [5.41, 5.74) is 1.42. The molecule has 2 aromatic heterocycles. The van der Waals surface area contributed by atoms with E-state index < -0.39 is 0 Å². The van der Waals surface area contributed by atoms with Crippen LogP contribution in [0.25, 0.3) is 0 Å². The largest absolute Gasteiger partial charge is 0.337 e. The Morgan fingerprint density at radius 3 is 2.36 bits per heavy atom. The van der Waals surface area contributed by atoms with Gasteiger partial charge in [0, 0.05) is 45.6 Å². The number of anilines is 1. The van der Waals surface area contributed by atoms with Gasteiger partial charge in [0.15, 0.2) is 0 Å². The van der Waals surface area contributed by atoms with Crippen LogP contribution in [0.1, 0.15) is 16.2 Å². The maximum atomic E-state index is 12.7. The molecule has 0 atom stereocenters. The topological polar surface area (TPSA) is 67.2 Å². The SMILES string of the molecule is Cc1nn(C)c(C(=O)N2CCN(c3ncccn3)CC2)c1Br. The molecule has 0 aliphatic carbocycles. The van der Waals surface area contributed by atoms with Crippen molar-refractivity contribution in [2.24, 2.45) is 7.05 Å². The molecule has 8 heteroatoms. The van der Waals surface area contributed by atoms with Crippen LogP contribution in [0.15, 0.2) is 22.9 Å². The number of nitrogens with zero attached hydrogens (tertiary/aromatic N) is 6. The van der Waals surface area contributed by atoms with Gasteiger partial charge in [-0.15, -0.1) is 0 Å². The van der Waals surface area contributed by atoms with E-state index in [1.165, 1.54) is 0 Å². The van der Waals surface area contributed by atoms with E-state index >= 15 is 0 Å². The Balaban J connectivity index is 1.70. The highest BCUT2D eigenvalue weighted by molar-refractivity contribution is 9.10. The van der Waals surface area contributed by atoms with Gasteiger partial charge in [-0.3, -0.25) is 9.48 Å². The molecule has 2 aromatic rings. The lowest BCUT2D eigenvalue weighted by molar-refractivity contribution is 0.0734. The Kier molecular flexibility index (Phi) is 4.10. The third kappa shape index (κ3) is 2.70. The molecule has 1 amide bonds. The van der Waals surface area contributed by atoms with Crippen LogP contribution in [0, 0.1) is 6.92 Å². The lowest BCUT2D eigenvalue weighted by Gasteiger charge is -2.34. The molecular formula is C14H17BrN6O. The number of carbonyl (C=O) groups excluding carboxylic acids is 1. The number of halogens is 1. The second kappa shape index (κ2) is 6.04. The van der Waals surface area contributed by atoms with Gasteiger partial charge in [0.2, 0.25) is 5.95 Å². The molecule has 0 unspecified atom stereocenters. The lowest BCUT2D eigenvalue weighted by atomic mass is 10.2. The highest BCUT2D eigenvalue weighted by Gasteiger charge is 2.27. The molecule has 3 rings (SSSR count). The van der Waals surface area contributed by atoms with Gasteiger partial charge in [-0.25, -0.2) is 9.97 Å². The number of hydrogen-bond acceptors (Lipinski definition) is 5. The van der Waals surface area contributed by atoms with E-state index in [1.54, 1.807) is 30.2 Å². The van der Waals surface area contributed by atoms with Crippen molar-refractivity contribution in [3.05, 3.63) is 34.3 Å². The molecule has 22 heavy (non-hydrogen) atoms. The predicted molar refractivity (Wildman–Crippen MR) is 85.8 cm³/mol. The molecule has 0 spiro atoms. The van der Waals surface area contributed by atoms with Crippen LogP contribution in [-0.2, 0) is 7.05 Å². The highest BCUT2D eigenvalue weighted by Crippen LogP contribution is 2.22. The van der Waals surface area contributed by atoms with Gasteiger partial charge < -0.3 is 9.80 Å². The van der Waals surface area contributed by atoms with Gasteiger partial charge in [0.25, 0.3) is 5.91 Å². The predicted octanol–water partition coefficient (Wildman–Crippen LogP) is 1.24. The standard InChI is InChI=1S/C14H17BrN6O/c1-10-11(15)12(19(2)18-10)13(22)20-6-8-21(9-7-20)14-16-4-3-5-17-14/h3-5H,6-9H2,1-2H3. The molecule has 0 bridgehead atoms. The average Bonchev–Trinajstić information content (AvgIpc) is 2.80. The fraction of sp³-hybridized carbons (Fsp3) is 0.429. The van der Waals surface area contributed by atoms with Crippen molar-refractivity contribution in [3.8, 4) is 0 Å². The number of aryl methyl sites for hydroxylation is 2. The Morgan fingerprint density at radius 1 is 1.18 bits per heavy atom. The molecule has 0 N–H and O–H groups in total. The van der Waals surface area contributed by atoms with Crippen LogP contribution in [0.2, 0.25) is 0 Å². The van der Waals surface area contributed by atoms with E-state index in [-0.39, 0.29) is 5.91 Å². The first-order chi connectivity index (χ1) is 10.6. The van der Waals surface area contributed by atoms with Crippen molar-refractivity contribution in [1.29, 1.82) is 0 Å². The molecule has 1 aliphatic rings. The number of carbonyl (C=O) groups is 1. The maximum absolute atomic E-state index is 12.7. The molecule has 0 radical (unpaired) electrons. The normalized spacial score (nSPS) is 15.2. The van der Waals surface area contributed by atoms with Crippen molar-refractivity contribution in [1.82, 2.24) is 24.6 Å². The first-order valence-corrected chi connectivity index (χ1v) is 7.87. The van der Waals surface area contributed by atoms with Gasteiger partial charge in [-0.2, -0.15) is 5.10 Å². The number of rotatable bonds is 2. The molecule has 3 heterocycles. The lowest BCUT2D eigenvalue weighted by Crippen LogP contribution is -2.49. The Bertz CT molecular complexity index is 678. The van der Waals surface area contributed by atoms with Gasteiger partial charge in [0.1, 0.15) is 5.69 Å². The average molecular weight is 365 g/mol. The molecule has 0 saturated carbocycles. The van der Waals surface area contributed by atoms with Crippen LogP contribution < -0.4 is 4.90 Å². The number of piperazine rings is 1. The molecule has 1 fully saturated rings. The summed E-state index contributed by atoms with van der Waals surface area (Å²) in [6, 6.07) is 1.80. The summed E-state index contributed by atoms with van der Waals surface area (Å²) >= 11 is 3.46. The van der Waals surface area contributed by atoms with E-state index in [1.807, 2.05) is 11.8 Å². The number of hydrogen-bond donors (Lipinski definition) is 0. The van der Waals surface area contributed by atoms with Crippen molar-refractivity contribution in [2.75, 3.05) is 31.1 Å². The Hall–Kier alpha value is -1.96. The monoisotopic (exact) mass is 364 g/mol. The zero-order chi connectivity index (χ0) is 15.7.